The van der Waals surface area contributed by atoms with Crippen LogP contribution in [0.4, 0.5) is 0 Å². The van der Waals surface area contributed by atoms with Crippen molar-refractivity contribution in [3.05, 3.63) is 29.8 Å². The monoisotopic (exact) mass is 292 g/mol. The van der Waals surface area contributed by atoms with Gasteiger partial charge in [0, 0.05) is 0 Å². The van der Waals surface area contributed by atoms with Crippen molar-refractivity contribution in [2.45, 2.75) is 53.9 Å². The molecule has 1 aromatic carbocycles. The van der Waals surface area contributed by atoms with Crippen molar-refractivity contribution in [1.29, 1.82) is 0 Å². The Morgan fingerprint density at radius 3 is 2.14 bits per heavy atom. The van der Waals surface area contributed by atoms with Crippen LogP contribution in [-0.4, -0.2) is 17.7 Å². The van der Waals surface area contributed by atoms with Crippen molar-refractivity contribution in [2.24, 2.45) is 10.8 Å². The van der Waals surface area contributed by atoms with E-state index in [1.165, 1.54) is 12.8 Å². The Hall–Kier alpha value is -1.51. The number of hydrogen-bond acceptors (Lipinski definition) is 2. The van der Waals surface area contributed by atoms with Crippen LogP contribution in [0, 0.1) is 10.8 Å². The summed E-state index contributed by atoms with van der Waals surface area (Å²) in [6.45, 7) is 11.9. The van der Waals surface area contributed by atoms with Gasteiger partial charge in [0.15, 0.2) is 0 Å². The molecule has 0 aliphatic heterocycles. The lowest BCUT2D eigenvalue weighted by atomic mass is 9.73. The zero-order valence-electron chi connectivity index (χ0n) is 13.9. The molecule has 0 radical (unpaired) electrons. The minimum atomic E-state index is -0.914. The molecule has 0 amide bonds. The van der Waals surface area contributed by atoms with Gasteiger partial charge in [0.2, 0.25) is 0 Å². The van der Waals surface area contributed by atoms with Gasteiger partial charge in [-0.15, -0.1) is 0 Å². The van der Waals surface area contributed by atoms with Crippen molar-refractivity contribution in [3.63, 3.8) is 0 Å². The van der Waals surface area contributed by atoms with Crippen LogP contribution in [-0.2, 0) is 0 Å². The molecule has 3 heteroatoms. The van der Waals surface area contributed by atoms with Gasteiger partial charge >= 0.3 is 5.97 Å². The summed E-state index contributed by atoms with van der Waals surface area (Å²) in [7, 11) is 0. The highest BCUT2D eigenvalue weighted by atomic mass is 16.5. The maximum Gasteiger partial charge on any atom is 0.335 e. The summed E-state index contributed by atoms with van der Waals surface area (Å²) in [5.41, 5.74) is 0.685. The molecule has 0 aromatic heterocycles. The first-order valence-electron chi connectivity index (χ1n) is 7.61. The summed E-state index contributed by atoms with van der Waals surface area (Å²) >= 11 is 0. The smallest absolute Gasteiger partial charge is 0.335 e. The van der Waals surface area contributed by atoms with E-state index in [0.717, 1.165) is 12.2 Å². The van der Waals surface area contributed by atoms with Crippen LogP contribution < -0.4 is 4.74 Å². The second kappa shape index (κ2) is 6.97. The zero-order chi connectivity index (χ0) is 16.1. The summed E-state index contributed by atoms with van der Waals surface area (Å²) in [5.74, 6) is -0.190. The predicted octanol–water partition coefficient (Wildman–Crippen LogP) is 5.01. The molecule has 0 heterocycles. The van der Waals surface area contributed by atoms with Gasteiger partial charge in [0.1, 0.15) is 5.75 Å². The second-order valence-corrected chi connectivity index (χ2v) is 7.37. The number of rotatable bonds is 8. The van der Waals surface area contributed by atoms with Gasteiger partial charge in [0.25, 0.3) is 0 Å². The summed E-state index contributed by atoms with van der Waals surface area (Å²) < 4.78 is 5.84. The maximum absolute atomic E-state index is 10.8. The maximum atomic E-state index is 10.8. The molecule has 0 bridgehead atoms. The predicted molar refractivity (Wildman–Crippen MR) is 86.0 cm³/mol. The standard InChI is InChI=1S/C18H28O3/c1-6-11-17(2,3)12-18(4,5)13-21-15-9-7-14(8-10-15)16(19)20/h7-10H,6,11-13H2,1-5H3,(H,19,20). The van der Waals surface area contributed by atoms with Crippen LogP contribution in [0.15, 0.2) is 24.3 Å². The van der Waals surface area contributed by atoms with E-state index in [1.807, 2.05) is 0 Å². The highest BCUT2D eigenvalue weighted by Crippen LogP contribution is 2.37. The fourth-order valence-corrected chi connectivity index (χ4v) is 3.08. The van der Waals surface area contributed by atoms with Gasteiger partial charge < -0.3 is 9.84 Å². The summed E-state index contributed by atoms with van der Waals surface area (Å²) in [6.07, 6.45) is 3.51. The number of benzene rings is 1. The van der Waals surface area contributed by atoms with Crippen molar-refractivity contribution >= 4 is 5.97 Å². The molecule has 0 fully saturated rings. The van der Waals surface area contributed by atoms with E-state index in [1.54, 1.807) is 24.3 Å². The highest BCUT2D eigenvalue weighted by Gasteiger charge is 2.28. The first-order valence-corrected chi connectivity index (χ1v) is 7.61. The van der Waals surface area contributed by atoms with Crippen molar-refractivity contribution in [2.75, 3.05) is 6.61 Å². The minimum absolute atomic E-state index is 0.0874. The highest BCUT2D eigenvalue weighted by molar-refractivity contribution is 5.87. The van der Waals surface area contributed by atoms with E-state index in [4.69, 9.17) is 9.84 Å². The van der Waals surface area contributed by atoms with Crippen molar-refractivity contribution in [1.82, 2.24) is 0 Å². The Morgan fingerprint density at radius 2 is 1.67 bits per heavy atom. The molecular weight excluding hydrogens is 264 g/mol. The lowest BCUT2D eigenvalue weighted by Crippen LogP contribution is -2.28. The average Bonchev–Trinajstić information content (AvgIpc) is 2.35. The van der Waals surface area contributed by atoms with Crippen LogP contribution in [0.25, 0.3) is 0 Å². The van der Waals surface area contributed by atoms with Crippen LogP contribution in [0.1, 0.15) is 64.2 Å². The quantitative estimate of drug-likeness (QED) is 0.733. The SMILES string of the molecule is CCCC(C)(C)CC(C)(C)COc1ccc(C(=O)O)cc1. The van der Waals surface area contributed by atoms with E-state index in [2.05, 4.69) is 34.6 Å². The Balaban J connectivity index is 2.58. The number of carboxylic acid groups (broad SMARTS) is 1. The molecule has 0 aliphatic carbocycles. The van der Waals surface area contributed by atoms with E-state index >= 15 is 0 Å². The Morgan fingerprint density at radius 1 is 1.10 bits per heavy atom. The van der Waals surface area contributed by atoms with E-state index in [-0.39, 0.29) is 11.0 Å². The molecule has 118 valence electrons. The van der Waals surface area contributed by atoms with Crippen LogP contribution in [0.3, 0.4) is 0 Å². The summed E-state index contributed by atoms with van der Waals surface area (Å²) in [4.78, 5) is 10.8. The number of hydrogen-bond donors (Lipinski definition) is 1. The minimum Gasteiger partial charge on any atom is -0.493 e. The fourth-order valence-electron chi connectivity index (χ4n) is 3.08. The van der Waals surface area contributed by atoms with Gasteiger partial charge in [-0.2, -0.15) is 0 Å². The molecule has 1 rings (SSSR count). The summed E-state index contributed by atoms with van der Waals surface area (Å²) in [5, 5.41) is 8.87. The topological polar surface area (TPSA) is 46.5 Å². The van der Waals surface area contributed by atoms with Crippen LogP contribution >= 0.6 is 0 Å². The molecule has 0 aliphatic rings. The molecule has 0 saturated carbocycles. The van der Waals surface area contributed by atoms with E-state index in [9.17, 15) is 4.79 Å². The lowest BCUT2D eigenvalue weighted by molar-refractivity contribution is 0.0696. The summed E-state index contributed by atoms with van der Waals surface area (Å²) in [6, 6.07) is 6.59. The Labute approximate surface area is 128 Å². The van der Waals surface area contributed by atoms with Crippen molar-refractivity contribution < 1.29 is 14.6 Å². The average molecular weight is 292 g/mol. The molecule has 0 unspecified atom stereocenters. The van der Waals surface area contributed by atoms with Crippen LogP contribution in [0.5, 0.6) is 5.75 Å². The lowest BCUT2D eigenvalue weighted by Gasteiger charge is -2.34. The zero-order valence-corrected chi connectivity index (χ0v) is 13.9. The molecular formula is C18H28O3. The van der Waals surface area contributed by atoms with Crippen LogP contribution in [0.2, 0.25) is 0 Å². The molecule has 0 saturated heterocycles. The van der Waals surface area contributed by atoms with Gasteiger partial charge in [-0.3, -0.25) is 0 Å². The normalized spacial score (nSPS) is 12.2. The van der Waals surface area contributed by atoms with Crippen molar-refractivity contribution in [3.8, 4) is 5.75 Å². The van der Waals surface area contributed by atoms with Gasteiger partial charge in [-0.1, -0.05) is 41.0 Å². The molecule has 1 aromatic rings. The van der Waals surface area contributed by atoms with Gasteiger partial charge in [-0.05, 0) is 47.9 Å². The fraction of sp³-hybridized carbons (Fsp3) is 0.611. The first kappa shape index (κ1) is 17.5. The van der Waals surface area contributed by atoms with E-state index in [0.29, 0.717) is 12.0 Å². The molecule has 3 nitrogen and oxygen atoms in total. The third kappa shape index (κ3) is 6.19. The third-order valence-corrected chi connectivity index (χ3v) is 3.61. The van der Waals surface area contributed by atoms with Gasteiger partial charge in [-0.25, -0.2) is 4.79 Å². The molecule has 0 spiro atoms. The Bertz CT molecular complexity index is 458. The molecule has 1 N–H and O–H groups in total. The molecule has 0 atom stereocenters. The third-order valence-electron chi connectivity index (χ3n) is 3.61. The largest absolute Gasteiger partial charge is 0.493 e. The number of carbonyl (C=O) groups is 1. The van der Waals surface area contributed by atoms with Gasteiger partial charge in [0.05, 0.1) is 12.2 Å². The Kier molecular flexibility index (Phi) is 5.82. The first-order chi connectivity index (χ1) is 9.65. The number of ether oxygens (including phenoxy) is 1. The number of carboxylic acids is 1. The molecule has 21 heavy (non-hydrogen) atoms. The second-order valence-electron chi connectivity index (χ2n) is 7.37. The van der Waals surface area contributed by atoms with E-state index < -0.39 is 5.97 Å². The number of aromatic carboxylic acids is 1.